The molecule has 1 aromatic carbocycles. The summed E-state index contributed by atoms with van der Waals surface area (Å²) in [6.45, 7) is 0. The molecule has 82 valence electrons. The van der Waals surface area contributed by atoms with E-state index in [-0.39, 0.29) is 27.1 Å². The van der Waals surface area contributed by atoms with Crippen LogP contribution in [-0.2, 0) is 0 Å². The molecule has 0 N–H and O–H groups in total. The molecule has 0 saturated carbocycles. The van der Waals surface area contributed by atoms with Crippen molar-refractivity contribution in [2.45, 2.75) is 0 Å². The Morgan fingerprint density at radius 3 is 2.56 bits per heavy atom. The SMILES string of the molecule is O=Cc1ccc(-c2c(F)ccc(Cl)c2Cl)o1. The first kappa shape index (κ1) is 11.2. The van der Waals surface area contributed by atoms with Crippen molar-refractivity contribution in [3.8, 4) is 11.3 Å². The van der Waals surface area contributed by atoms with Gasteiger partial charge in [-0.1, -0.05) is 23.2 Å². The third-order valence-corrected chi connectivity index (χ3v) is 2.84. The molecule has 5 heteroatoms. The Kier molecular flexibility index (Phi) is 2.99. The molecule has 16 heavy (non-hydrogen) atoms. The van der Waals surface area contributed by atoms with Crippen molar-refractivity contribution in [1.82, 2.24) is 0 Å². The van der Waals surface area contributed by atoms with Crippen molar-refractivity contribution in [3.05, 3.63) is 45.9 Å². The largest absolute Gasteiger partial charge is 0.453 e. The van der Waals surface area contributed by atoms with Gasteiger partial charge >= 0.3 is 0 Å². The maximum Gasteiger partial charge on any atom is 0.185 e. The van der Waals surface area contributed by atoms with E-state index in [4.69, 9.17) is 27.6 Å². The molecule has 2 aromatic rings. The summed E-state index contributed by atoms with van der Waals surface area (Å²) in [7, 11) is 0. The average Bonchev–Trinajstić information content (AvgIpc) is 2.73. The monoisotopic (exact) mass is 258 g/mol. The molecule has 0 radical (unpaired) electrons. The minimum Gasteiger partial charge on any atom is -0.453 e. The summed E-state index contributed by atoms with van der Waals surface area (Å²) in [5, 5.41) is 0.288. The zero-order chi connectivity index (χ0) is 11.7. The Morgan fingerprint density at radius 2 is 1.94 bits per heavy atom. The van der Waals surface area contributed by atoms with Gasteiger partial charge in [-0.2, -0.15) is 0 Å². The molecule has 2 rings (SSSR count). The summed E-state index contributed by atoms with van der Waals surface area (Å²) in [5.41, 5.74) is 0.0577. The third-order valence-electron chi connectivity index (χ3n) is 2.03. The number of furan rings is 1. The number of carbonyl (C=O) groups is 1. The lowest BCUT2D eigenvalue weighted by molar-refractivity contribution is 0.110. The first-order chi connectivity index (χ1) is 7.63. The van der Waals surface area contributed by atoms with Gasteiger partial charge in [0, 0.05) is 0 Å². The minimum absolute atomic E-state index is 0.0577. The van der Waals surface area contributed by atoms with Crippen LogP contribution in [0.1, 0.15) is 10.6 Å². The van der Waals surface area contributed by atoms with E-state index in [1.165, 1.54) is 24.3 Å². The van der Waals surface area contributed by atoms with Crippen molar-refractivity contribution >= 4 is 29.5 Å². The van der Waals surface area contributed by atoms with E-state index >= 15 is 0 Å². The second-order valence-electron chi connectivity index (χ2n) is 3.04. The van der Waals surface area contributed by atoms with Crippen LogP contribution in [0.15, 0.2) is 28.7 Å². The van der Waals surface area contributed by atoms with Gasteiger partial charge in [0.1, 0.15) is 11.6 Å². The number of hydrogen-bond donors (Lipinski definition) is 0. The zero-order valence-corrected chi connectivity index (χ0v) is 9.35. The molecule has 2 nitrogen and oxygen atoms in total. The van der Waals surface area contributed by atoms with Gasteiger partial charge in [0.25, 0.3) is 0 Å². The van der Waals surface area contributed by atoms with Crippen LogP contribution in [0.3, 0.4) is 0 Å². The van der Waals surface area contributed by atoms with E-state index in [2.05, 4.69) is 0 Å². The van der Waals surface area contributed by atoms with Crippen LogP contribution in [0, 0.1) is 5.82 Å². The van der Waals surface area contributed by atoms with E-state index in [1.54, 1.807) is 0 Å². The summed E-state index contributed by atoms with van der Waals surface area (Å²) in [4.78, 5) is 10.4. The van der Waals surface area contributed by atoms with Crippen molar-refractivity contribution < 1.29 is 13.6 Å². The van der Waals surface area contributed by atoms with Gasteiger partial charge in [0.2, 0.25) is 0 Å². The molecule has 0 amide bonds. The Labute approximate surface area is 101 Å². The average molecular weight is 259 g/mol. The van der Waals surface area contributed by atoms with Crippen molar-refractivity contribution in [3.63, 3.8) is 0 Å². The van der Waals surface area contributed by atoms with E-state index in [0.717, 1.165) is 0 Å². The highest BCUT2D eigenvalue weighted by molar-refractivity contribution is 6.43. The lowest BCUT2D eigenvalue weighted by Gasteiger charge is -2.04. The molecule has 0 saturated heterocycles. The molecule has 1 heterocycles. The molecule has 0 atom stereocenters. The van der Waals surface area contributed by atoms with E-state index in [0.29, 0.717) is 6.29 Å². The van der Waals surface area contributed by atoms with Gasteiger partial charge in [-0.3, -0.25) is 4.79 Å². The second-order valence-corrected chi connectivity index (χ2v) is 3.82. The highest BCUT2D eigenvalue weighted by Gasteiger charge is 2.16. The standard InChI is InChI=1S/C11H5Cl2FO2/c12-7-2-3-8(14)10(11(7)13)9-4-1-6(5-15)16-9/h1-5H. The highest BCUT2D eigenvalue weighted by Crippen LogP contribution is 2.36. The third kappa shape index (κ3) is 1.84. The predicted octanol–water partition coefficient (Wildman–Crippen LogP) is 4.21. The van der Waals surface area contributed by atoms with Crippen LogP contribution in [0.2, 0.25) is 10.0 Å². The maximum absolute atomic E-state index is 13.5. The minimum atomic E-state index is -0.554. The number of halogens is 3. The fourth-order valence-electron chi connectivity index (χ4n) is 1.30. The molecule has 1 aromatic heterocycles. The molecular formula is C11H5Cl2FO2. The number of carbonyl (C=O) groups excluding carboxylic acids is 1. The van der Waals surface area contributed by atoms with Crippen LogP contribution < -0.4 is 0 Å². The number of benzene rings is 1. The molecule has 0 unspecified atom stereocenters. The fraction of sp³-hybridized carbons (Fsp3) is 0. The summed E-state index contributed by atoms with van der Waals surface area (Å²) in [6.07, 6.45) is 0.528. The maximum atomic E-state index is 13.5. The van der Waals surface area contributed by atoms with Crippen molar-refractivity contribution in [2.75, 3.05) is 0 Å². The Morgan fingerprint density at radius 1 is 1.19 bits per heavy atom. The van der Waals surface area contributed by atoms with Crippen LogP contribution in [0.5, 0.6) is 0 Å². The van der Waals surface area contributed by atoms with Gasteiger partial charge < -0.3 is 4.42 Å². The topological polar surface area (TPSA) is 30.2 Å². The van der Waals surface area contributed by atoms with Crippen LogP contribution in [0.25, 0.3) is 11.3 Å². The predicted molar refractivity (Wildman–Crippen MR) is 59.5 cm³/mol. The Balaban J connectivity index is 2.63. The number of aldehydes is 1. The van der Waals surface area contributed by atoms with Crippen LogP contribution in [-0.4, -0.2) is 6.29 Å². The Bertz CT molecular complexity index is 549. The van der Waals surface area contributed by atoms with Crippen molar-refractivity contribution in [2.24, 2.45) is 0 Å². The molecule has 0 spiro atoms. The van der Waals surface area contributed by atoms with E-state index in [1.807, 2.05) is 0 Å². The van der Waals surface area contributed by atoms with Crippen molar-refractivity contribution in [1.29, 1.82) is 0 Å². The molecule has 0 aliphatic carbocycles. The number of hydrogen-bond acceptors (Lipinski definition) is 2. The first-order valence-electron chi connectivity index (χ1n) is 4.32. The summed E-state index contributed by atoms with van der Waals surface area (Å²) in [6, 6.07) is 5.43. The second kappa shape index (κ2) is 4.28. The van der Waals surface area contributed by atoms with Crippen LogP contribution >= 0.6 is 23.2 Å². The summed E-state index contributed by atoms with van der Waals surface area (Å²) < 4.78 is 18.6. The van der Waals surface area contributed by atoms with Gasteiger partial charge in [-0.25, -0.2) is 4.39 Å². The van der Waals surface area contributed by atoms with Gasteiger partial charge in [0.05, 0.1) is 15.6 Å². The Hall–Kier alpha value is -1.32. The number of rotatable bonds is 2. The normalized spacial score (nSPS) is 10.4. The lowest BCUT2D eigenvalue weighted by Crippen LogP contribution is -1.85. The fourth-order valence-corrected chi connectivity index (χ4v) is 1.71. The highest BCUT2D eigenvalue weighted by atomic mass is 35.5. The molecule has 0 aliphatic rings. The summed E-state index contributed by atoms with van der Waals surface area (Å²) >= 11 is 11.6. The quantitative estimate of drug-likeness (QED) is 0.597. The van der Waals surface area contributed by atoms with Gasteiger partial charge in [-0.15, -0.1) is 0 Å². The molecular weight excluding hydrogens is 254 g/mol. The molecule has 0 aliphatic heterocycles. The summed E-state index contributed by atoms with van der Waals surface area (Å²) in [5.74, 6) is -0.279. The lowest BCUT2D eigenvalue weighted by atomic mass is 10.1. The van der Waals surface area contributed by atoms with Gasteiger partial charge in [0.15, 0.2) is 12.0 Å². The molecule has 0 fully saturated rings. The van der Waals surface area contributed by atoms with E-state index in [9.17, 15) is 9.18 Å². The van der Waals surface area contributed by atoms with Gasteiger partial charge in [-0.05, 0) is 24.3 Å². The molecule has 0 bridgehead atoms. The first-order valence-corrected chi connectivity index (χ1v) is 5.08. The zero-order valence-electron chi connectivity index (χ0n) is 7.84. The van der Waals surface area contributed by atoms with E-state index < -0.39 is 5.82 Å². The van der Waals surface area contributed by atoms with Crippen LogP contribution in [0.4, 0.5) is 4.39 Å². The smallest absolute Gasteiger partial charge is 0.185 e.